The van der Waals surface area contributed by atoms with Crippen molar-refractivity contribution in [2.75, 3.05) is 16.8 Å². The molecule has 3 aromatic rings. The molecular formula is C24H22N2O4. The van der Waals surface area contributed by atoms with Gasteiger partial charge in [0.2, 0.25) is 0 Å². The van der Waals surface area contributed by atoms with Crippen LogP contribution in [0.15, 0.2) is 72.8 Å². The molecule has 0 bridgehead atoms. The van der Waals surface area contributed by atoms with Crippen molar-refractivity contribution in [2.45, 2.75) is 19.5 Å². The molecule has 0 fully saturated rings. The first-order chi connectivity index (χ1) is 14.6. The number of fused-ring (bicyclic) bond motifs is 1. The van der Waals surface area contributed by atoms with E-state index < -0.39 is 18.7 Å². The molecule has 3 aromatic carbocycles. The lowest BCUT2D eigenvalue weighted by Gasteiger charge is -2.38. The van der Waals surface area contributed by atoms with E-state index in [9.17, 15) is 9.59 Å². The first kappa shape index (κ1) is 19.5. The number of ether oxygens (including phenoxy) is 1. The minimum atomic E-state index is -1.06. The van der Waals surface area contributed by atoms with Gasteiger partial charge in [0, 0.05) is 16.9 Å². The fourth-order valence-electron chi connectivity index (χ4n) is 3.61. The Morgan fingerprint density at radius 1 is 1.03 bits per heavy atom. The summed E-state index contributed by atoms with van der Waals surface area (Å²) in [5.74, 6) is -0.777. The predicted molar refractivity (Wildman–Crippen MR) is 115 cm³/mol. The van der Waals surface area contributed by atoms with Gasteiger partial charge in [0.1, 0.15) is 11.9 Å². The Bertz CT molecular complexity index is 1080. The van der Waals surface area contributed by atoms with Crippen LogP contribution < -0.4 is 15.0 Å². The van der Waals surface area contributed by atoms with Gasteiger partial charge in [-0.1, -0.05) is 49.4 Å². The minimum absolute atomic E-state index is 0.133. The molecule has 0 aromatic heterocycles. The Morgan fingerprint density at radius 2 is 1.73 bits per heavy atom. The maximum Gasteiger partial charge on any atom is 0.341 e. The Balaban J connectivity index is 1.81. The van der Waals surface area contributed by atoms with Crippen LogP contribution in [0, 0.1) is 0 Å². The number of carboxylic acid groups (broad SMARTS) is 1. The molecule has 0 unspecified atom stereocenters. The van der Waals surface area contributed by atoms with E-state index in [2.05, 4.69) is 12.2 Å². The lowest BCUT2D eigenvalue weighted by atomic mass is 10.0. The Kier molecular flexibility index (Phi) is 5.39. The quantitative estimate of drug-likeness (QED) is 0.635. The van der Waals surface area contributed by atoms with Crippen molar-refractivity contribution in [3.63, 3.8) is 0 Å². The molecule has 1 heterocycles. The maximum absolute atomic E-state index is 13.5. The highest BCUT2D eigenvalue weighted by molar-refractivity contribution is 6.12. The maximum atomic E-state index is 13.5. The van der Waals surface area contributed by atoms with Gasteiger partial charge in [-0.3, -0.25) is 9.69 Å². The Labute approximate surface area is 174 Å². The van der Waals surface area contributed by atoms with Crippen LogP contribution in [0.2, 0.25) is 0 Å². The lowest BCUT2D eigenvalue weighted by Crippen LogP contribution is -2.43. The highest BCUT2D eigenvalue weighted by atomic mass is 16.5. The number of nitrogens with one attached hydrogen (secondary N) is 1. The van der Waals surface area contributed by atoms with E-state index in [0.29, 0.717) is 16.9 Å². The topological polar surface area (TPSA) is 78.9 Å². The van der Waals surface area contributed by atoms with E-state index in [1.54, 1.807) is 23.1 Å². The number of aliphatic carboxylic acids is 1. The number of nitrogens with zero attached hydrogens (tertiary/aromatic N) is 1. The fraction of sp³-hybridized carbons (Fsp3) is 0.167. The number of benzene rings is 3. The summed E-state index contributed by atoms with van der Waals surface area (Å²) >= 11 is 0. The zero-order chi connectivity index (χ0) is 21.1. The first-order valence-electron chi connectivity index (χ1n) is 9.80. The van der Waals surface area contributed by atoms with Crippen LogP contribution in [-0.4, -0.2) is 23.6 Å². The largest absolute Gasteiger partial charge is 0.481 e. The number of anilines is 2. The average molecular weight is 402 g/mol. The zero-order valence-electron chi connectivity index (χ0n) is 16.5. The molecule has 152 valence electrons. The smallest absolute Gasteiger partial charge is 0.341 e. The Hall–Kier alpha value is -3.80. The number of hydrogen-bond donors (Lipinski definition) is 2. The number of carbonyl (C=O) groups is 2. The standard InChI is InChI=1S/C24H22N2O4/c1-2-16-11-13-17(14-12-16)26-23(25-20-9-5-3-7-18(20)24(26)29)19-8-4-6-10-21(19)30-15-22(27)28/h3-14,23,25H,2,15H2,1H3,(H,27,28)/t23-/m0/s1. The molecule has 0 saturated carbocycles. The second kappa shape index (κ2) is 8.29. The van der Waals surface area contributed by atoms with Gasteiger partial charge >= 0.3 is 5.97 Å². The van der Waals surface area contributed by atoms with E-state index in [1.165, 1.54) is 5.56 Å². The first-order valence-corrected chi connectivity index (χ1v) is 9.80. The monoisotopic (exact) mass is 402 g/mol. The third-order valence-corrected chi connectivity index (χ3v) is 5.11. The summed E-state index contributed by atoms with van der Waals surface area (Å²) in [4.78, 5) is 26.2. The van der Waals surface area contributed by atoms with Crippen LogP contribution >= 0.6 is 0 Å². The molecule has 0 aliphatic carbocycles. The van der Waals surface area contributed by atoms with Crippen molar-refractivity contribution in [1.29, 1.82) is 0 Å². The third kappa shape index (κ3) is 3.72. The summed E-state index contributed by atoms with van der Waals surface area (Å²) in [5.41, 5.74) is 3.91. The molecule has 1 atom stereocenters. The summed E-state index contributed by atoms with van der Waals surface area (Å²) in [6, 6.07) is 22.4. The number of aryl methyl sites for hydroxylation is 1. The van der Waals surface area contributed by atoms with Gasteiger partial charge in [-0.05, 0) is 42.3 Å². The van der Waals surface area contributed by atoms with Crippen LogP contribution in [0.3, 0.4) is 0 Å². The van der Waals surface area contributed by atoms with Gasteiger partial charge in [-0.25, -0.2) is 4.79 Å². The van der Waals surface area contributed by atoms with Crippen LogP contribution in [-0.2, 0) is 11.2 Å². The molecule has 1 amide bonds. The summed E-state index contributed by atoms with van der Waals surface area (Å²) in [7, 11) is 0. The molecule has 6 nitrogen and oxygen atoms in total. The van der Waals surface area contributed by atoms with Crippen LogP contribution in [0.5, 0.6) is 5.75 Å². The summed E-state index contributed by atoms with van der Waals surface area (Å²) in [6.45, 7) is 1.62. The van der Waals surface area contributed by atoms with Gasteiger partial charge < -0.3 is 15.2 Å². The third-order valence-electron chi connectivity index (χ3n) is 5.11. The van der Waals surface area contributed by atoms with Crippen LogP contribution in [0.1, 0.15) is 34.6 Å². The second-order valence-electron chi connectivity index (χ2n) is 7.01. The molecule has 4 rings (SSSR count). The number of para-hydroxylation sites is 2. The zero-order valence-corrected chi connectivity index (χ0v) is 16.5. The number of hydrogen-bond acceptors (Lipinski definition) is 4. The van der Waals surface area contributed by atoms with Gasteiger partial charge in [-0.15, -0.1) is 0 Å². The highest BCUT2D eigenvalue weighted by Gasteiger charge is 2.35. The number of carbonyl (C=O) groups excluding carboxylic acids is 1. The number of amides is 1. The van der Waals surface area contributed by atoms with E-state index in [1.807, 2.05) is 54.6 Å². The van der Waals surface area contributed by atoms with E-state index in [-0.39, 0.29) is 5.91 Å². The van der Waals surface area contributed by atoms with E-state index in [0.717, 1.165) is 17.8 Å². The van der Waals surface area contributed by atoms with Gasteiger partial charge in [0.15, 0.2) is 6.61 Å². The molecule has 0 spiro atoms. The van der Waals surface area contributed by atoms with Crippen molar-refractivity contribution in [2.24, 2.45) is 0 Å². The normalized spacial score (nSPS) is 15.3. The van der Waals surface area contributed by atoms with Crippen molar-refractivity contribution < 1.29 is 19.4 Å². The fourth-order valence-corrected chi connectivity index (χ4v) is 3.61. The van der Waals surface area contributed by atoms with Gasteiger partial charge in [-0.2, -0.15) is 0 Å². The molecule has 1 aliphatic heterocycles. The van der Waals surface area contributed by atoms with Gasteiger partial charge in [0.25, 0.3) is 5.91 Å². The molecular weight excluding hydrogens is 380 g/mol. The minimum Gasteiger partial charge on any atom is -0.481 e. The molecule has 6 heteroatoms. The summed E-state index contributed by atoms with van der Waals surface area (Å²) < 4.78 is 5.52. The second-order valence-corrected chi connectivity index (χ2v) is 7.01. The molecule has 0 saturated heterocycles. The summed E-state index contributed by atoms with van der Waals surface area (Å²) in [6.07, 6.45) is 0.356. The molecule has 2 N–H and O–H groups in total. The molecule has 30 heavy (non-hydrogen) atoms. The molecule has 0 radical (unpaired) electrons. The number of carboxylic acids is 1. The highest BCUT2D eigenvalue weighted by Crippen LogP contribution is 2.39. The summed E-state index contributed by atoms with van der Waals surface area (Å²) in [5, 5.41) is 12.4. The predicted octanol–water partition coefficient (Wildman–Crippen LogP) is 4.48. The van der Waals surface area contributed by atoms with Crippen molar-refractivity contribution in [3.05, 3.63) is 89.5 Å². The van der Waals surface area contributed by atoms with E-state index in [4.69, 9.17) is 9.84 Å². The number of rotatable bonds is 6. The SMILES string of the molecule is CCc1ccc(N2C(=O)c3ccccc3N[C@@H]2c2ccccc2OCC(=O)O)cc1. The average Bonchev–Trinajstić information content (AvgIpc) is 2.78. The van der Waals surface area contributed by atoms with Gasteiger partial charge in [0.05, 0.1) is 5.56 Å². The lowest BCUT2D eigenvalue weighted by molar-refractivity contribution is -0.139. The van der Waals surface area contributed by atoms with Crippen molar-refractivity contribution in [1.82, 2.24) is 0 Å². The van der Waals surface area contributed by atoms with Crippen LogP contribution in [0.25, 0.3) is 0 Å². The molecule has 1 aliphatic rings. The van der Waals surface area contributed by atoms with Crippen LogP contribution in [0.4, 0.5) is 11.4 Å². The Morgan fingerprint density at radius 3 is 2.47 bits per heavy atom. The van der Waals surface area contributed by atoms with Crippen molar-refractivity contribution in [3.8, 4) is 5.75 Å². The van der Waals surface area contributed by atoms with E-state index >= 15 is 0 Å². The van der Waals surface area contributed by atoms with Crippen molar-refractivity contribution >= 4 is 23.3 Å².